The van der Waals surface area contributed by atoms with Gasteiger partial charge in [0.1, 0.15) is 0 Å². The number of aromatic nitrogens is 1. The lowest BCUT2D eigenvalue weighted by atomic mass is 10.2. The number of nitrogens with zero attached hydrogens (tertiary/aromatic N) is 2. The third-order valence-corrected chi connectivity index (χ3v) is 5.43. The van der Waals surface area contributed by atoms with Crippen molar-refractivity contribution in [1.82, 2.24) is 4.57 Å². The number of aryl methyl sites for hydroxylation is 1. The van der Waals surface area contributed by atoms with Crippen molar-refractivity contribution >= 4 is 45.1 Å². The average Bonchev–Trinajstić information content (AvgIpc) is 3.00. The minimum Gasteiger partial charge on any atom is -0.383 e. The Bertz CT molecular complexity index is 1020. The normalized spacial score (nSPS) is 12.3. The molecule has 134 valence electrons. The van der Waals surface area contributed by atoms with Crippen molar-refractivity contribution in [3.05, 3.63) is 69.5 Å². The number of benzene rings is 2. The van der Waals surface area contributed by atoms with Crippen LogP contribution in [-0.2, 0) is 16.1 Å². The second kappa shape index (κ2) is 8.45. The monoisotopic (exact) mass is 386 g/mol. The summed E-state index contributed by atoms with van der Waals surface area (Å²) in [4.78, 5) is 17.3. The fourth-order valence-electron chi connectivity index (χ4n) is 2.65. The summed E-state index contributed by atoms with van der Waals surface area (Å²) in [6.45, 7) is 3.10. The van der Waals surface area contributed by atoms with E-state index in [9.17, 15) is 4.79 Å². The van der Waals surface area contributed by atoms with Crippen LogP contribution in [0.4, 0.5) is 0 Å². The summed E-state index contributed by atoms with van der Waals surface area (Å²) in [5.41, 5.74) is 2.94. The quantitative estimate of drug-likeness (QED) is 0.608. The molecule has 0 saturated carbocycles. The molecule has 0 aliphatic rings. The predicted octanol–water partition coefficient (Wildman–Crippen LogP) is 4.45. The van der Waals surface area contributed by atoms with Crippen LogP contribution in [0.3, 0.4) is 0 Å². The van der Waals surface area contributed by atoms with Crippen molar-refractivity contribution in [2.75, 3.05) is 13.7 Å². The van der Waals surface area contributed by atoms with E-state index >= 15 is 0 Å². The summed E-state index contributed by atoms with van der Waals surface area (Å²) in [5.74, 6) is -0.296. The summed E-state index contributed by atoms with van der Waals surface area (Å²) >= 11 is 7.75. The Labute approximate surface area is 161 Å². The van der Waals surface area contributed by atoms with Crippen LogP contribution in [-0.4, -0.2) is 24.2 Å². The highest BCUT2D eigenvalue weighted by Gasteiger charge is 2.11. The molecule has 0 N–H and O–H groups in total. The van der Waals surface area contributed by atoms with Gasteiger partial charge in [-0.2, -0.15) is 4.99 Å². The molecule has 0 spiro atoms. The van der Waals surface area contributed by atoms with Crippen LogP contribution < -0.4 is 4.80 Å². The maximum Gasteiger partial charge on any atom is 0.272 e. The molecule has 3 aromatic rings. The molecule has 3 rings (SSSR count). The van der Waals surface area contributed by atoms with Gasteiger partial charge in [-0.3, -0.25) is 4.79 Å². The van der Waals surface area contributed by atoms with Gasteiger partial charge in [0.25, 0.3) is 5.91 Å². The lowest BCUT2D eigenvalue weighted by molar-refractivity contribution is -0.113. The highest BCUT2D eigenvalue weighted by molar-refractivity contribution is 7.16. The molecule has 0 unspecified atom stereocenters. The molecule has 6 heteroatoms. The van der Waals surface area contributed by atoms with Gasteiger partial charge in [-0.25, -0.2) is 0 Å². The third-order valence-electron chi connectivity index (χ3n) is 3.97. The first-order valence-corrected chi connectivity index (χ1v) is 9.39. The molecule has 0 aliphatic heterocycles. The maximum absolute atomic E-state index is 12.3. The van der Waals surface area contributed by atoms with E-state index in [1.165, 1.54) is 17.4 Å². The number of hydrogen-bond acceptors (Lipinski definition) is 3. The molecule has 0 atom stereocenters. The van der Waals surface area contributed by atoms with Gasteiger partial charge in [0.2, 0.25) is 0 Å². The van der Waals surface area contributed by atoms with Crippen molar-refractivity contribution < 1.29 is 9.53 Å². The molecule has 1 heterocycles. The second-order valence-electron chi connectivity index (χ2n) is 5.74. The zero-order valence-electron chi connectivity index (χ0n) is 14.6. The number of rotatable bonds is 5. The molecule has 4 nitrogen and oxygen atoms in total. The lowest BCUT2D eigenvalue weighted by Gasteiger charge is -2.07. The Morgan fingerprint density at radius 3 is 2.77 bits per heavy atom. The van der Waals surface area contributed by atoms with Crippen molar-refractivity contribution in [2.24, 2.45) is 4.99 Å². The van der Waals surface area contributed by atoms with Crippen LogP contribution >= 0.6 is 22.9 Å². The van der Waals surface area contributed by atoms with Gasteiger partial charge in [0.05, 0.1) is 16.8 Å². The number of ether oxygens (including phenoxy) is 1. The first kappa shape index (κ1) is 18.6. The molecule has 0 radical (unpaired) electrons. The van der Waals surface area contributed by atoms with E-state index in [-0.39, 0.29) is 5.91 Å². The van der Waals surface area contributed by atoms with Crippen molar-refractivity contribution in [3.8, 4) is 0 Å². The van der Waals surface area contributed by atoms with Gasteiger partial charge in [0, 0.05) is 24.8 Å². The molecular weight excluding hydrogens is 368 g/mol. The first-order valence-electron chi connectivity index (χ1n) is 8.19. The number of methoxy groups -OCH3 is 1. The smallest absolute Gasteiger partial charge is 0.272 e. The number of hydrogen-bond donors (Lipinski definition) is 0. The zero-order valence-corrected chi connectivity index (χ0v) is 16.2. The fourth-order valence-corrected chi connectivity index (χ4v) is 3.93. The van der Waals surface area contributed by atoms with Crippen molar-refractivity contribution in [2.45, 2.75) is 13.5 Å². The second-order valence-corrected chi connectivity index (χ2v) is 7.16. The molecule has 1 aromatic heterocycles. The van der Waals surface area contributed by atoms with Gasteiger partial charge in [-0.05, 0) is 36.3 Å². The maximum atomic E-state index is 12.3. The van der Waals surface area contributed by atoms with Crippen LogP contribution in [0.2, 0.25) is 5.02 Å². The van der Waals surface area contributed by atoms with E-state index in [1.54, 1.807) is 13.2 Å². The molecule has 0 saturated heterocycles. The number of fused-ring (bicyclic) bond motifs is 1. The average molecular weight is 387 g/mol. The molecule has 0 bridgehead atoms. The Hall–Kier alpha value is -2.21. The first-order chi connectivity index (χ1) is 12.6. The molecule has 2 aromatic carbocycles. The van der Waals surface area contributed by atoms with Crippen LogP contribution in [0.5, 0.6) is 0 Å². The van der Waals surface area contributed by atoms with Gasteiger partial charge >= 0.3 is 0 Å². The summed E-state index contributed by atoms with van der Waals surface area (Å²) in [6, 6.07) is 13.5. The van der Waals surface area contributed by atoms with Crippen molar-refractivity contribution in [3.63, 3.8) is 0 Å². The number of carbonyl (C=O) groups is 1. The fraction of sp³-hybridized carbons (Fsp3) is 0.200. The van der Waals surface area contributed by atoms with E-state index in [0.717, 1.165) is 21.3 Å². The summed E-state index contributed by atoms with van der Waals surface area (Å²) < 4.78 is 8.25. The molecule has 0 fully saturated rings. The van der Waals surface area contributed by atoms with Crippen LogP contribution in [0.25, 0.3) is 16.3 Å². The SMILES string of the molecule is COCCn1c(=NC(=O)C=Cc2ccccc2)sc2ccc(Cl)c(C)c21. The van der Waals surface area contributed by atoms with Gasteiger partial charge < -0.3 is 9.30 Å². The Balaban J connectivity index is 2.02. The molecule has 0 aliphatic carbocycles. The standard InChI is InChI=1S/C20H19ClN2O2S/c1-14-16(21)9-10-17-19(14)23(12-13-25-2)20(26-17)22-18(24)11-8-15-6-4-3-5-7-15/h3-11H,12-13H2,1-2H3. The summed E-state index contributed by atoms with van der Waals surface area (Å²) in [5, 5.41) is 0.698. The summed E-state index contributed by atoms with van der Waals surface area (Å²) in [7, 11) is 1.65. The lowest BCUT2D eigenvalue weighted by Crippen LogP contribution is -2.19. The molecular formula is C20H19ClN2O2S. The topological polar surface area (TPSA) is 43.6 Å². The van der Waals surface area contributed by atoms with E-state index in [2.05, 4.69) is 4.99 Å². The largest absolute Gasteiger partial charge is 0.383 e. The number of amides is 1. The van der Waals surface area contributed by atoms with E-state index < -0.39 is 0 Å². The third kappa shape index (κ3) is 4.12. The number of carbonyl (C=O) groups excluding carboxylic acids is 1. The Kier molecular flexibility index (Phi) is 6.04. The van der Waals surface area contributed by atoms with Crippen LogP contribution in [0, 0.1) is 6.92 Å². The molecule has 26 heavy (non-hydrogen) atoms. The minimum atomic E-state index is -0.296. The van der Waals surface area contributed by atoms with Crippen LogP contribution in [0.1, 0.15) is 11.1 Å². The van der Waals surface area contributed by atoms with Gasteiger partial charge in [-0.15, -0.1) is 0 Å². The van der Waals surface area contributed by atoms with Crippen molar-refractivity contribution in [1.29, 1.82) is 0 Å². The van der Waals surface area contributed by atoms with Gasteiger partial charge in [-0.1, -0.05) is 53.3 Å². The Morgan fingerprint density at radius 1 is 1.27 bits per heavy atom. The number of thiazole rings is 1. The zero-order chi connectivity index (χ0) is 18.5. The van der Waals surface area contributed by atoms with Crippen LogP contribution in [0.15, 0.2) is 53.5 Å². The highest BCUT2D eigenvalue weighted by atomic mass is 35.5. The predicted molar refractivity (Wildman–Crippen MR) is 107 cm³/mol. The Morgan fingerprint density at radius 2 is 2.04 bits per heavy atom. The minimum absolute atomic E-state index is 0.296. The number of halogens is 1. The van der Waals surface area contributed by atoms with Gasteiger partial charge in [0.15, 0.2) is 4.80 Å². The summed E-state index contributed by atoms with van der Waals surface area (Å²) in [6.07, 6.45) is 3.25. The molecule has 1 amide bonds. The van der Waals surface area contributed by atoms with E-state index in [0.29, 0.717) is 23.0 Å². The van der Waals surface area contributed by atoms with E-state index in [4.69, 9.17) is 16.3 Å². The van der Waals surface area contributed by atoms with E-state index in [1.807, 2.05) is 54.0 Å². The highest BCUT2D eigenvalue weighted by Crippen LogP contribution is 2.27.